The van der Waals surface area contributed by atoms with Crippen LogP contribution in [0.25, 0.3) is 0 Å². The monoisotopic (exact) mass is 335 g/mol. The Morgan fingerprint density at radius 1 is 1.35 bits per heavy atom. The molecule has 0 saturated heterocycles. The van der Waals surface area contributed by atoms with Gasteiger partial charge in [-0.2, -0.15) is 5.10 Å². The summed E-state index contributed by atoms with van der Waals surface area (Å²) in [5.41, 5.74) is 2.27. The Morgan fingerprint density at radius 2 is 2.00 bits per heavy atom. The first-order valence-corrected chi connectivity index (χ1v) is 8.04. The standard InChI is InChI=1S/C17H22ClN3O2/c1-5-21-13(4)16(12(3)20-21)17(22)19-10-11(2)23-15-8-6-14(18)7-9-15/h6-9,11H,5,10H2,1-4H3,(H,19,22)/t11-/m1/s1. The number of carbonyl (C=O) groups is 1. The van der Waals surface area contributed by atoms with Crippen LogP contribution >= 0.6 is 11.6 Å². The molecule has 2 rings (SSSR count). The Bertz CT molecular complexity index is 680. The van der Waals surface area contributed by atoms with Gasteiger partial charge in [0.25, 0.3) is 5.91 Å². The smallest absolute Gasteiger partial charge is 0.255 e. The molecule has 0 radical (unpaired) electrons. The molecule has 0 fully saturated rings. The van der Waals surface area contributed by atoms with Gasteiger partial charge in [0.05, 0.1) is 17.8 Å². The van der Waals surface area contributed by atoms with Gasteiger partial charge in [-0.15, -0.1) is 0 Å². The molecule has 23 heavy (non-hydrogen) atoms. The average molecular weight is 336 g/mol. The molecule has 6 heteroatoms. The van der Waals surface area contributed by atoms with Gasteiger partial charge in [0.2, 0.25) is 0 Å². The highest BCUT2D eigenvalue weighted by Crippen LogP contribution is 2.17. The summed E-state index contributed by atoms with van der Waals surface area (Å²) in [4.78, 5) is 12.4. The van der Waals surface area contributed by atoms with Crippen LogP contribution in [0.3, 0.4) is 0 Å². The van der Waals surface area contributed by atoms with Crippen molar-refractivity contribution in [2.24, 2.45) is 0 Å². The van der Waals surface area contributed by atoms with Crippen molar-refractivity contribution in [3.63, 3.8) is 0 Å². The van der Waals surface area contributed by atoms with Crippen molar-refractivity contribution in [2.45, 2.75) is 40.3 Å². The van der Waals surface area contributed by atoms with Crippen LogP contribution < -0.4 is 10.1 Å². The quantitative estimate of drug-likeness (QED) is 0.880. The first-order valence-electron chi connectivity index (χ1n) is 7.66. The second-order valence-corrected chi connectivity index (χ2v) is 5.89. The number of benzene rings is 1. The predicted octanol–water partition coefficient (Wildman–Crippen LogP) is 3.37. The van der Waals surface area contributed by atoms with Gasteiger partial charge in [-0.05, 0) is 52.0 Å². The molecule has 0 saturated carbocycles. The molecule has 0 aliphatic rings. The lowest BCUT2D eigenvalue weighted by Gasteiger charge is -2.15. The summed E-state index contributed by atoms with van der Waals surface area (Å²) < 4.78 is 7.58. The topological polar surface area (TPSA) is 56.2 Å². The summed E-state index contributed by atoms with van der Waals surface area (Å²) >= 11 is 5.84. The number of aryl methyl sites for hydroxylation is 2. The minimum Gasteiger partial charge on any atom is -0.489 e. The summed E-state index contributed by atoms with van der Waals surface area (Å²) in [5.74, 6) is 0.605. The Hall–Kier alpha value is -2.01. The van der Waals surface area contributed by atoms with E-state index in [1.807, 2.05) is 32.4 Å². The summed E-state index contributed by atoms with van der Waals surface area (Å²) in [7, 11) is 0. The molecule has 2 aromatic rings. The van der Waals surface area contributed by atoms with Gasteiger partial charge >= 0.3 is 0 Å². The zero-order valence-electron chi connectivity index (χ0n) is 13.9. The number of rotatable bonds is 6. The lowest BCUT2D eigenvalue weighted by Crippen LogP contribution is -2.34. The maximum absolute atomic E-state index is 12.4. The molecule has 0 spiro atoms. The van der Waals surface area contributed by atoms with Crippen LogP contribution in [0, 0.1) is 13.8 Å². The normalized spacial score (nSPS) is 12.0. The number of aromatic nitrogens is 2. The van der Waals surface area contributed by atoms with Crippen LogP contribution in [0.1, 0.15) is 35.6 Å². The van der Waals surface area contributed by atoms with Crippen molar-refractivity contribution in [3.05, 3.63) is 46.2 Å². The fourth-order valence-corrected chi connectivity index (χ4v) is 2.57. The number of nitrogens with zero attached hydrogens (tertiary/aromatic N) is 2. The van der Waals surface area contributed by atoms with E-state index in [4.69, 9.17) is 16.3 Å². The van der Waals surface area contributed by atoms with Crippen molar-refractivity contribution >= 4 is 17.5 Å². The van der Waals surface area contributed by atoms with Crippen LogP contribution in [-0.2, 0) is 6.54 Å². The third-order valence-electron chi connectivity index (χ3n) is 3.61. The predicted molar refractivity (Wildman–Crippen MR) is 91.3 cm³/mol. The first-order chi connectivity index (χ1) is 10.9. The van der Waals surface area contributed by atoms with Gasteiger partial charge < -0.3 is 10.1 Å². The molecule has 5 nitrogen and oxygen atoms in total. The fourth-order valence-electron chi connectivity index (χ4n) is 2.45. The maximum Gasteiger partial charge on any atom is 0.255 e. The van der Waals surface area contributed by atoms with Crippen molar-refractivity contribution in [1.29, 1.82) is 0 Å². The van der Waals surface area contributed by atoms with Crippen molar-refractivity contribution in [2.75, 3.05) is 6.54 Å². The molecule has 1 heterocycles. The van der Waals surface area contributed by atoms with E-state index in [9.17, 15) is 4.79 Å². The van der Waals surface area contributed by atoms with Gasteiger partial charge in [-0.3, -0.25) is 9.48 Å². The van der Waals surface area contributed by atoms with E-state index in [1.54, 1.807) is 24.3 Å². The highest BCUT2D eigenvalue weighted by Gasteiger charge is 2.18. The van der Waals surface area contributed by atoms with Gasteiger partial charge in [-0.1, -0.05) is 11.6 Å². The minimum atomic E-state index is -0.151. The molecule has 1 amide bonds. The third kappa shape index (κ3) is 4.26. The summed E-state index contributed by atoms with van der Waals surface area (Å²) in [6.07, 6.45) is -0.151. The largest absolute Gasteiger partial charge is 0.489 e. The van der Waals surface area contributed by atoms with Gasteiger partial charge in [0.1, 0.15) is 11.9 Å². The molecule has 0 aliphatic carbocycles. The molecular formula is C17H22ClN3O2. The Labute approximate surface area is 141 Å². The highest BCUT2D eigenvalue weighted by atomic mass is 35.5. The highest BCUT2D eigenvalue weighted by molar-refractivity contribution is 6.30. The third-order valence-corrected chi connectivity index (χ3v) is 3.86. The van der Waals surface area contributed by atoms with Crippen LogP contribution in [0.5, 0.6) is 5.75 Å². The van der Waals surface area contributed by atoms with Crippen LogP contribution in [-0.4, -0.2) is 28.3 Å². The molecule has 0 unspecified atom stereocenters. The van der Waals surface area contributed by atoms with Crippen LogP contribution in [0.2, 0.25) is 5.02 Å². The molecule has 1 atom stereocenters. The van der Waals surface area contributed by atoms with E-state index in [-0.39, 0.29) is 12.0 Å². The van der Waals surface area contributed by atoms with Gasteiger partial charge in [0, 0.05) is 17.3 Å². The van der Waals surface area contributed by atoms with Crippen LogP contribution in [0.15, 0.2) is 24.3 Å². The molecule has 124 valence electrons. The molecular weight excluding hydrogens is 314 g/mol. The minimum absolute atomic E-state index is 0.119. The lowest BCUT2D eigenvalue weighted by atomic mass is 10.2. The van der Waals surface area contributed by atoms with Gasteiger partial charge in [0.15, 0.2) is 0 Å². The van der Waals surface area contributed by atoms with Crippen molar-refractivity contribution < 1.29 is 9.53 Å². The summed E-state index contributed by atoms with van der Waals surface area (Å²) in [5, 5.41) is 7.94. The first kappa shape index (κ1) is 17.3. The van der Waals surface area contributed by atoms with E-state index in [0.29, 0.717) is 17.1 Å². The van der Waals surface area contributed by atoms with Crippen molar-refractivity contribution in [3.8, 4) is 5.75 Å². The molecule has 1 aromatic carbocycles. The van der Waals surface area contributed by atoms with E-state index in [0.717, 1.165) is 23.7 Å². The zero-order chi connectivity index (χ0) is 17.0. The second kappa shape index (κ2) is 7.51. The Morgan fingerprint density at radius 3 is 2.57 bits per heavy atom. The SMILES string of the molecule is CCn1nc(C)c(C(=O)NC[C@@H](C)Oc2ccc(Cl)cc2)c1C. The molecule has 1 N–H and O–H groups in total. The van der Waals surface area contributed by atoms with Crippen molar-refractivity contribution in [1.82, 2.24) is 15.1 Å². The number of hydrogen-bond acceptors (Lipinski definition) is 3. The Kier molecular flexibility index (Phi) is 5.66. The second-order valence-electron chi connectivity index (χ2n) is 5.45. The van der Waals surface area contributed by atoms with Gasteiger partial charge in [-0.25, -0.2) is 0 Å². The van der Waals surface area contributed by atoms with E-state index >= 15 is 0 Å². The number of amides is 1. The zero-order valence-corrected chi connectivity index (χ0v) is 14.6. The average Bonchev–Trinajstić information content (AvgIpc) is 2.81. The number of hydrogen-bond donors (Lipinski definition) is 1. The molecule has 0 aliphatic heterocycles. The maximum atomic E-state index is 12.4. The number of carbonyl (C=O) groups excluding carboxylic acids is 1. The van der Waals surface area contributed by atoms with E-state index in [2.05, 4.69) is 10.4 Å². The number of ether oxygens (including phenoxy) is 1. The van der Waals surface area contributed by atoms with Crippen LogP contribution in [0.4, 0.5) is 0 Å². The molecule has 0 bridgehead atoms. The fraction of sp³-hybridized carbons (Fsp3) is 0.412. The number of halogens is 1. The summed E-state index contributed by atoms with van der Waals surface area (Å²) in [6, 6.07) is 7.16. The van der Waals surface area contributed by atoms with E-state index < -0.39 is 0 Å². The summed E-state index contributed by atoms with van der Waals surface area (Å²) in [6.45, 7) is 8.83. The Balaban J connectivity index is 1.93. The van der Waals surface area contributed by atoms with E-state index in [1.165, 1.54) is 0 Å². The lowest BCUT2D eigenvalue weighted by molar-refractivity contribution is 0.0931. The number of nitrogens with one attached hydrogen (secondary N) is 1. The molecule has 1 aromatic heterocycles.